The molecule has 4 fully saturated rings. The SMILES string of the molecule is O=C(NCCC12CC3CC(CC(C3)C1)C2)c1ccc(-n2cnnn2)cc1. The summed E-state index contributed by atoms with van der Waals surface area (Å²) in [5.74, 6) is 2.92. The lowest BCUT2D eigenvalue weighted by Crippen LogP contribution is -2.47. The van der Waals surface area contributed by atoms with Gasteiger partial charge in [-0.3, -0.25) is 4.79 Å². The van der Waals surface area contributed by atoms with E-state index < -0.39 is 0 Å². The van der Waals surface area contributed by atoms with Crippen molar-refractivity contribution in [1.29, 1.82) is 0 Å². The van der Waals surface area contributed by atoms with Crippen LogP contribution in [-0.2, 0) is 0 Å². The van der Waals surface area contributed by atoms with Gasteiger partial charge in [0.15, 0.2) is 0 Å². The minimum Gasteiger partial charge on any atom is -0.352 e. The van der Waals surface area contributed by atoms with E-state index in [1.807, 2.05) is 24.3 Å². The van der Waals surface area contributed by atoms with Crippen LogP contribution < -0.4 is 5.32 Å². The molecule has 26 heavy (non-hydrogen) atoms. The first-order valence-electron chi connectivity index (χ1n) is 9.81. The minimum absolute atomic E-state index is 0.0120. The Morgan fingerprint density at radius 2 is 1.73 bits per heavy atom. The smallest absolute Gasteiger partial charge is 0.251 e. The van der Waals surface area contributed by atoms with Gasteiger partial charge in [-0.25, -0.2) is 4.68 Å². The fourth-order valence-corrected chi connectivity index (χ4v) is 6.18. The third kappa shape index (κ3) is 2.91. The normalized spacial score (nSPS) is 31.9. The van der Waals surface area contributed by atoms with Crippen molar-refractivity contribution in [2.24, 2.45) is 23.2 Å². The van der Waals surface area contributed by atoms with E-state index in [1.54, 1.807) is 11.0 Å². The number of tetrazole rings is 1. The summed E-state index contributed by atoms with van der Waals surface area (Å²) >= 11 is 0. The molecule has 1 aromatic carbocycles. The monoisotopic (exact) mass is 351 g/mol. The molecule has 2 aromatic rings. The van der Waals surface area contributed by atoms with Crippen LogP contribution in [0.5, 0.6) is 0 Å². The summed E-state index contributed by atoms with van der Waals surface area (Å²) in [4.78, 5) is 12.5. The number of rotatable bonds is 5. The van der Waals surface area contributed by atoms with Gasteiger partial charge in [-0.05, 0) is 103 Å². The maximum atomic E-state index is 12.5. The molecule has 1 heterocycles. The predicted octanol–water partition coefficient (Wildman–Crippen LogP) is 3.00. The average molecular weight is 351 g/mol. The molecule has 1 aromatic heterocycles. The van der Waals surface area contributed by atoms with Crippen molar-refractivity contribution in [3.63, 3.8) is 0 Å². The van der Waals surface area contributed by atoms with Gasteiger partial charge in [-0.15, -0.1) is 5.10 Å². The van der Waals surface area contributed by atoms with E-state index in [4.69, 9.17) is 0 Å². The summed E-state index contributed by atoms with van der Waals surface area (Å²) in [5.41, 5.74) is 2.05. The van der Waals surface area contributed by atoms with Crippen LogP contribution in [0, 0.1) is 23.2 Å². The fraction of sp³-hybridized carbons (Fsp3) is 0.600. The first-order valence-corrected chi connectivity index (χ1v) is 9.81. The maximum absolute atomic E-state index is 12.5. The molecule has 4 aliphatic rings. The number of carbonyl (C=O) groups is 1. The molecular formula is C20H25N5O. The lowest BCUT2D eigenvalue weighted by Gasteiger charge is -2.57. The third-order valence-corrected chi connectivity index (χ3v) is 6.85. The standard InChI is InChI=1S/C20H25N5O/c26-19(17-1-3-18(4-2-17)25-13-22-23-24-25)21-6-5-20-10-14-7-15(11-20)9-16(8-14)12-20/h1-4,13-16H,5-12H2,(H,21,26). The number of aromatic nitrogens is 4. The number of hydrogen-bond acceptors (Lipinski definition) is 4. The van der Waals surface area contributed by atoms with Gasteiger partial charge >= 0.3 is 0 Å². The Hall–Kier alpha value is -2.24. The van der Waals surface area contributed by atoms with Crippen LogP contribution in [-0.4, -0.2) is 32.7 Å². The van der Waals surface area contributed by atoms with Crippen molar-refractivity contribution in [2.75, 3.05) is 6.54 Å². The summed E-state index contributed by atoms with van der Waals surface area (Å²) in [7, 11) is 0. The maximum Gasteiger partial charge on any atom is 0.251 e. The van der Waals surface area contributed by atoms with Crippen LogP contribution in [0.1, 0.15) is 55.3 Å². The lowest BCUT2D eigenvalue weighted by molar-refractivity contribution is -0.0564. The molecule has 4 aliphatic carbocycles. The molecule has 6 nitrogen and oxygen atoms in total. The van der Waals surface area contributed by atoms with Gasteiger partial charge in [0.25, 0.3) is 5.91 Å². The second kappa shape index (κ2) is 6.18. The molecule has 1 N–H and O–H groups in total. The van der Waals surface area contributed by atoms with Crippen molar-refractivity contribution >= 4 is 5.91 Å². The van der Waals surface area contributed by atoms with Gasteiger partial charge in [0.1, 0.15) is 6.33 Å². The van der Waals surface area contributed by atoms with E-state index in [9.17, 15) is 4.79 Å². The van der Waals surface area contributed by atoms with Gasteiger partial charge in [0.2, 0.25) is 0 Å². The van der Waals surface area contributed by atoms with E-state index in [1.165, 1.54) is 38.5 Å². The van der Waals surface area contributed by atoms with Crippen molar-refractivity contribution in [3.05, 3.63) is 36.2 Å². The Kier molecular flexibility index (Phi) is 3.80. The number of hydrogen-bond donors (Lipinski definition) is 1. The van der Waals surface area contributed by atoms with Crippen molar-refractivity contribution in [1.82, 2.24) is 25.5 Å². The summed E-state index contributed by atoms with van der Waals surface area (Å²) in [6, 6.07) is 7.39. The van der Waals surface area contributed by atoms with Crippen LogP contribution in [0.3, 0.4) is 0 Å². The van der Waals surface area contributed by atoms with Crippen LogP contribution in [0.15, 0.2) is 30.6 Å². The molecular weight excluding hydrogens is 326 g/mol. The number of benzene rings is 1. The first-order chi connectivity index (χ1) is 12.7. The lowest BCUT2D eigenvalue weighted by atomic mass is 9.49. The second-order valence-electron chi connectivity index (χ2n) is 8.72. The molecule has 0 unspecified atom stereocenters. The zero-order chi connectivity index (χ0) is 17.6. The van der Waals surface area contributed by atoms with Gasteiger partial charge in [-0.1, -0.05) is 0 Å². The Balaban J connectivity index is 1.18. The van der Waals surface area contributed by atoms with Crippen LogP contribution in [0.2, 0.25) is 0 Å². The van der Waals surface area contributed by atoms with E-state index in [0.717, 1.165) is 36.4 Å². The molecule has 4 bridgehead atoms. The third-order valence-electron chi connectivity index (χ3n) is 6.85. The summed E-state index contributed by atoms with van der Waals surface area (Å²) in [5, 5.41) is 14.3. The molecule has 6 heteroatoms. The highest BCUT2D eigenvalue weighted by molar-refractivity contribution is 5.94. The second-order valence-corrected chi connectivity index (χ2v) is 8.72. The van der Waals surface area contributed by atoms with E-state index in [2.05, 4.69) is 20.8 Å². The molecule has 136 valence electrons. The van der Waals surface area contributed by atoms with Crippen LogP contribution >= 0.6 is 0 Å². The number of carbonyl (C=O) groups excluding carboxylic acids is 1. The average Bonchev–Trinajstić information content (AvgIpc) is 3.15. The first kappa shape index (κ1) is 16.0. The molecule has 0 aliphatic heterocycles. The predicted molar refractivity (Wildman–Crippen MR) is 96.7 cm³/mol. The van der Waals surface area contributed by atoms with Gasteiger partial charge in [0.05, 0.1) is 5.69 Å². The summed E-state index contributed by atoms with van der Waals surface area (Å²) < 4.78 is 1.58. The number of nitrogens with zero attached hydrogens (tertiary/aromatic N) is 4. The Bertz CT molecular complexity index is 748. The van der Waals surface area contributed by atoms with E-state index in [0.29, 0.717) is 11.0 Å². The Morgan fingerprint density at radius 3 is 2.31 bits per heavy atom. The fourth-order valence-electron chi connectivity index (χ4n) is 6.18. The number of amides is 1. The van der Waals surface area contributed by atoms with E-state index in [-0.39, 0.29) is 5.91 Å². The molecule has 0 saturated heterocycles. The molecule has 4 saturated carbocycles. The van der Waals surface area contributed by atoms with Crippen molar-refractivity contribution in [2.45, 2.75) is 44.9 Å². The zero-order valence-corrected chi connectivity index (χ0v) is 15.0. The van der Waals surface area contributed by atoms with Gasteiger partial charge in [-0.2, -0.15) is 0 Å². The highest BCUT2D eigenvalue weighted by atomic mass is 16.1. The summed E-state index contributed by atoms with van der Waals surface area (Å²) in [6.07, 6.45) is 11.3. The molecule has 0 atom stereocenters. The largest absolute Gasteiger partial charge is 0.352 e. The van der Waals surface area contributed by atoms with E-state index >= 15 is 0 Å². The zero-order valence-electron chi connectivity index (χ0n) is 15.0. The summed E-state index contributed by atoms with van der Waals surface area (Å²) in [6.45, 7) is 0.791. The Morgan fingerprint density at radius 1 is 1.08 bits per heavy atom. The van der Waals surface area contributed by atoms with Gasteiger partial charge in [0, 0.05) is 12.1 Å². The molecule has 0 radical (unpaired) electrons. The van der Waals surface area contributed by atoms with Crippen molar-refractivity contribution < 1.29 is 4.79 Å². The quantitative estimate of drug-likeness (QED) is 0.899. The van der Waals surface area contributed by atoms with Crippen LogP contribution in [0.4, 0.5) is 0 Å². The highest BCUT2D eigenvalue weighted by Crippen LogP contribution is 2.61. The molecule has 6 rings (SSSR count). The van der Waals surface area contributed by atoms with Crippen molar-refractivity contribution in [3.8, 4) is 5.69 Å². The molecule has 0 spiro atoms. The number of nitrogens with one attached hydrogen (secondary N) is 1. The van der Waals surface area contributed by atoms with Gasteiger partial charge < -0.3 is 5.32 Å². The highest BCUT2D eigenvalue weighted by Gasteiger charge is 2.50. The molecule has 1 amide bonds. The minimum atomic E-state index is 0.0120. The topological polar surface area (TPSA) is 72.7 Å². The Labute approximate surface area is 153 Å². The van der Waals surface area contributed by atoms with Crippen LogP contribution in [0.25, 0.3) is 5.69 Å².